The summed E-state index contributed by atoms with van der Waals surface area (Å²) in [6.45, 7) is 6.33. The summed E-state index contributed by atoms with van der Waals surface area (Å²) in [7, 11) is 0. The molecular formula is C8H11N5. The number of aromatic nitrogens is 5. The van der Waals surface area contributed by atoms with Gasteiger partial charge in [-0.2, -0.15) is 5.10 Å². The smallest absolute Gasteiger partial charge is 0.198 e. The zero-order valence-corrected chi connectivity index (χ0v) is 7.87. The number of nitrogens with one attached hydrogen (secondary N) is 1. The van der Waals surface area contributed by atoms with Gasteiger partial charge >= 0.3 is 0 Å². The molecule has 0 aliphatic heterocycles. The molecule has 0 saturated heterocycles. The van der Waals surface area contributed by atoms with Crippen molar-refractivity contribution in [2.75, 3.05) is 0 Å². The summed E-state index contributed by atoms with van der Waals surface area (Å²) >= 11 is 0. The van der Waals surface area contributed by atoms with Gasteiger partial charge in [0.15, 0.2) is 5.65 Å². The van der Waals surface area contributed by atoms with Crippen LogP contribution in [0.3, 0.4) is 0 Å². The minimum Gasteiger partial charge on any atom is -0.239 e. The summed E-state index contributed by atoms with van der Waals surface area (Å²) in [5, 5.41) is 18.1. The van der Waals surface area contributed by atoms with Gasteiger partial charge in [0, 0.05) is 5.56 Å². The lowest BCUT2D eigenvalue weighted by molar-refractivity contribution is 0.590. The molecule has 0 aliphatic rings. The second-order valence-electron chi connectivity index (χ2n) is 4.02. The van der Waals surface area contributed by atoms with Crippen molar-refractivity contribution in [2.45, 2.75) is 26.2 Å². The van der Waals surface area contributed by atoms with Gasteiger partial charge in [0.25, 0.3) is 0 Å². The number of hydrogen-bond donors (Lipinski definition) is 1. The van der Waals surface area contributed by atoms with E-state index in [1.54, 1.807) is 6.20 Å². The van der Waals surface area contributed by atoms with E-state index in [2.05, 4.69) is 46.4 Å². The number of aromatic amines is 1. The maximum Gasteiger partial charge on any atom is 0.198 e. The van der Waals surface area contributed by atoms with Crippen LogP contribution in [-0.4, -0.2) is 25.6 Å². The van der Waals surface area contributed by atoms with E-state index in [9.17, 15) is 0 Å². The molecule has 0 saturated carbocycles. The SMILES string of the molecule is CC(C)(C)c1cnnc2[nH]nnc12. The van der Waals surface area contributed by atoms with E-state index in [-0.39, 0.29) is 5.41 Å². The summed E-state index contributed by atoms with van der Waals surface area (Å²) in [5.41, 5.74) is 2.53. The van der Waals surface area contributed by atoms with E-state index in [1.165, 1.54) is 0 Å². The molecule has 1 N–H and O–H groups in total. The molecule has 0 atom stereocenters. The molecule has 0 fully saturated rings. The van der Waals surface area contributed by atoms with Crippen molar-refractivity contribution in [3.05, 3.63) is 11.8 Å². The van der Waals surface area contributed by atoms with Crippen molar-refractivity contribution >= 4 is 11.2 Å². The van der Waals surface area contributed by atoms with E-state index in [0.29, 0.717) is 5.65 Å². The molecule has 68 valence electrons. The standard InChI is InChI=1S/C8H11N5/c1-8(2,3)5-4-9-11-7-6(5)10-13-12-7/h4H,1-3H3,(H,10,11,12,13). The molecular weight excluding hydrogens is 166 g/mol. The van der Waals surface area contributed by atoms with Crippen LogP contribution < -0.4 is 0 Å². The van der Waals surface area contributed by atoms with Gasteiger partial charge < -0.3 is 0 Å². The zero-order chi connectivity index (χ0) is 9.47. The van der Waals surface area contributed by atoms with Gasteiger partial charge in [-0.05, 0) is 5.41 Å². The number of fused-ring (bicyclic) bond motifs is 1. The fourth-order valence-electron chi connectivity index (χ4n) is 1.23. The molecule has 0 aromatic carbocycles. The summed E-state index contributed by atoms with van der Waals surface area (Å²) in [6, 6.07) is 0. The first-order chi connectivity index (χ1) is 6.09. The fourth-order valence-corrected chi connectivity index (χ4v) is 1.23. The first-order valence-electron chi connectivity index (χ1n) is 4.12. The van der Waals surface area contributed by atoms with Crippen LogP contribution in [0.2, 0.25) is 0 Å². The highest BCUT2D eigenvalue weighted by Gasteiger charge is 2.19. The Labute approximate surface area is 75.6 Å². The van der Waals surface area contributed by atoms with Crippen LogP contribution in [0.25, 0.3) is 11.2 Å². The van der Waals surface area contributed by atoms with Crippen LogP contribution in [-0.2, 0) is 5.41 Å². The highest BCUT2D eigenvalue weighted by atomic mass is 15.4. The van der Waals surface area contributed by atoms with Crippen LogP contribution >= 0.6 is 0 Å². The van der Waals surface area contributed by atoms with Gasteiger partial charge in [0.2, 0.25) is 0 Å². The first-order valence-corrected chi connectivity index (χ1v) is 4.12. The second-order valence-corrected chi connectivity index (χ2v) is 4.02. The average Bonchev–Trinajstić information content (AvgIpc) is 2.48. The van der Waals surface area contributed by atoms with E-state index in [1.807, 2.05) is 0 Å². The zero-order valence-electron chi connectivity index (χ0n) is 7.87. The Morgan fingerprint density at radius 1 is 1.23 bits per heavy atom. The fraction of sp³-hybridized carbons (Fsp3) is 0.500. The monoisotopic (exact) mass is 177 g/mol. The van der Waals surface area contributed by atoms with Crippen LogP contribution in [0, 0.1) is 0 Å². The van der Waals surface area contributed by atoms with Gasteiger partial charge in [-0.15, -0.1) is 10.2 Å². The average molecular weight is 177 g/mol. The molecule has 0 unspecified atom stereocenters. The lowest BCUT2D eigenvalue weighted by Gasteiger charge is -2.17. The maximum atomic E-state index is 3.98. The van der Waals surface area contributed by atoms with E-state index in [4.69, 9.17) is 0 Å². The lowest BCUT2D eigenvalue weighted by Crippen LogP contribution is -2.12. The Hall–Kier alpha value is -1.52. The van der Waals surface area contributed by atoms with E-state index < -0.39 is 0 Å². The molecule has 2 aromatic rings. The predicted octanol–water partition coefficient (Wildman–Crippen LogP) is 1.05. The Bertz CT molecular complexity index is 425. The molecule has 5 nitrogen and oxygen atoms in total. The summed E-state index contributed by atoms with van der Waals surface area (Å²) < 4.78 is 0. The minimum absolute atomic E-state index is 0.0189. The molecule has 0 radical (unpaired) electrons. The predicted molar refractivity (Wildman–Crippen MR) is 48.2 cm³/mol. The second kappa shape index (κ2) is 2.48. The van der Waals surface area contributed by atoms with Crippen molar-refractivity contribution in [3.8, 4) is 0 Å². The van der Waals surface area contributed by atoms with E-state index >= 15 is 0 Å². The normalized spacial score (nSPS) is 12.2. The van der Waals surface area contributed by atoms with Gasteiger partial charge in [0.1, 0.15) is 5.52 Å². The van der Waals surface area contributed by atoms with Gasteiger partial charge in [-0.1, -0.05) is 26.0 Å². The molecule has 0 bridgehead atoms. The highest BCUT2D eigenvalue weighted by Crippen LogP contribution is 2.25. The first kappa shape index (κ1) is 8.10. The summed E-state index contributed by atoms with van der Waals surface area (Å²) in [4.78, 5) is 0. The molecule has 0 spiro atoms. The molecule has 0 aliphatic carbocycles. The summed E-state index contributed by atoms with van der Waals surface area (Å²) in [6.07, 6.45) is 1.74. The third-order valence-electron chi connectivity index (χ3n) is 1.94. The molecule has 0 amide bonds. The molecule has 2 heterocycles. The number of nitrogens with zero attached hydrogens (tertiary/aromatic N) is 4. The Kier molecular flexibility index (Phi) is 1.55. The van der Waals surface area contributed by atoms with Crippen molar-refractivity contribution < 1.29 is 0 Å². The number of rotatable bonds is 0. The minimum atomic E-state index is 0.0189. The van der Waals surface area contributed by atoms with Gasteiger partial charge in [0.05, 0.1) is 6.20 Å². The molecule has 13 heavy (non-hydrogen) atoms. The van der Waals surface area contributed by atoms with Gasteiger partial charge in [-0.3, -0.25) is 0 Å². The third-order valence-corrected chi connectivity index (χ3v) is 1.94. The molecule has 2 rings (SSSR count). The number of H-pyrrole nitrogens is 1. The van der Waals surface area contributed by atoms with Crippen LogP contribution in [0.4, 0.5) is 0 Å². The Morgan fingerprint density at radius 2 is 2.00 bits per heavy atom. The highest BCUT2D eigenvalue weighted by molar-refractivity contribution is 5.73. The van der Waals surface area contributed by atoms with Crippen LogP contribution in [0.1, 0.15) is 26.3 Å². The van der Waals surface area contributed by atoms with Crippen LogP contribution in [0.15, 0.2) is 6.20 Å². The van der Waals surface area contributed by atoms with E-state index in [0.717, 1.165) is 11.1 Å². The topological polar surface area (TPSA) is 67.3 Å². The largest absolute Gasteiger partial charge is 0.239 e. The maximum absolute atomic E-state index is 3.98. The third kappa shape index (κ3) is 1.26. The summed E-state index contributed by atoms with van der Waals surface area (Å²) in [5.74, 6) is 0. The van der Waals surface area contributed by atoms with Crippen LogP contribution in [0.5, 0.6) is 0 Å². The van der Waals surface area contributed by atoms with Crippen molar-refractivity contribution in [2.24, 2.45) is 0 Å². The Morgan fingerprint density at radius 3 is 2.69 bits per heavy atom. The van der Waals surface area contributed by atoms with Crippen molar-refractivity contribution in [3.63, 3.8) is 0 Å². The van der Waals surface area contributed by atoms with Crippen molar-refractivity contribution in [1.82, 2.24) is 25.6 Å². The molecule has 5 heteroatoms. The van der Waals surface area contributed by atoms with Crippen molar-refractivity contribution in [1.29, 1.82) is 0 Å². The Balaban J connectivity index is 2.75. The quantitative estimate of drug-likeness (QED) is 0.653. The van der Waals surface area contributed by atoms with Gasteiger partial charge in [-0.25, -0.2) is 5.10 Å². The number of hydrogen-bond acceptors (Lipinski definition) is 4. The lowest BCUT2D eigenvalue weighted by atomic mass is 9.88. The molecule has 2 aromatic heterocycles.